The molecule has 0 bridgehead atoms. The molecule has 0 aliphatic rings. The summed E-state index contributed by atoms with van der Waals surface area (Å²) in [5.74, 6) is 0. The van der Waals surface area contributed by atoms with Crippen molar-refractivity contribution in [2.45, 2.75) is 13.8 Å². The molecule has 1 rings (SSSR count). The molecule has 0 radical (unpaired) electrons. The topological polar surface area (TPSA) is 17.8 Å². The molecule has 1 heterocycles. The van der Waals surface area contributed by atoms with E-state index >= 15 is 0 Å². The summed E-state index contributed by atoms with van der Waals surface area (Å²) in [6.45, 7) is 7.73. The molecule has 68 valence electrons. The lowest BCUT2D eigenvalue weighted by atomic mass is 10.3. The SMILES string of the molecule is C=C/C(=C\C=C/C)n1cc(C)cn1. The summed E-state index contributed by atoms with van der Waals surface area (Å²) in [7, 11) is 0. The summed E-state index contributed by atoms with van der Waals surface area (Å²) in [6.07, 6.45) is 11.5. The van der Waals surface area contributed by atoms with E-state index in [0.29, 0.717) is 0 Å². The van der Waals surface area contributed by atoms with Gasteiger partial charge in [-0.1, -0.05) is 18.7 Å². The minimum absolute atomic E-state index is 0.978. The summed E-state index contributed by atoms with van der Waals surface area (Å²) in [5, 5.41) is 4.18. The zero-order valence-corrected chi connectivity index (χ0v) is 8.07. The van der Waals surface area contributed by atoms with Crippen LogP contribution in [-0.2, 0) is 0 Å². The van der Waals surface area contributed by atoms with Crippen molar-refractivity contribution in [2.24, 2.45) is 0 Å². The van der Waals surface area contributed by atoms with Gasteiger partial charge in [-0.3, -0.25) is 0 Å². The van der Waals surface area contributed by atoms with Crippen LogP contribution in [-0.4, -0.2) is 9.78 Å². The minimum Gasteiger partial charge on any atom is -0.241 e. The fraction of sp³-hybridized carbons (Fsp3) is 0.182. The van der Waals surface area contributed by atoms with Crippen molar-refractivity contribution in [1.82, 2.24) is 9.78 Å². The van der Waals surface area contributed by atoms with Crippen LogP contribution in [0.4, 0.5) is 0 Å². The highest BCUT2D eigenvalue weighted by Gasteiger charge is 1.95. The lowest BCUT2D eigenvalue weighted by Gasteiger charge is -1.98. The van der Waals surface area contributed by atoms with Gasteiger partial charge in [0.2, 0.25) is 0 Å². The third-order valence-electron chi connectivity index (χ3n) is 1.64. The van der Waals surface area contributed by atoms with Crippen LogP contribution in [0.2, 0.25) is 0 Å². The second kappa shape index (κ2) is 4.45. The second-order valence-corrected chi connectivity index (χ2v) is 2.78. The molecule has 0 amide bonds. The highest BCUT2D eigenvalue weighted by atomic mass is 15.3. The van der Waals surface area contributed by atoms with Crippen LogP contribution in [0.5, 0.6) is 0 Å². The van der Waals surface area contributed by atoms with E-state index < -0.39 is 0 Å². The highest BCUT2D eigenvalue weighted by molar-refractivity contribution is 5.57. The van der Waals surface area contributed by atoms with Gasteiger partial charge in [0.15, 0.2) is 0 Å². The average Bonchev–Trinajstić information content (AvgIpc) is 2.54. The van der Waals surface area contributed by atoms with E-state index in [1.54, 1.807) is 6.08 Å². The Morgan fingerprint density at radius 1 is 1.62 bits per heavy atom. The largest absolute Gasteiger partial charge is 0.241 e. The van der Waals surface area contributed by atoms with Gasteiger partial charge >= 0.3 is 0 Å². The molecule has 0 aliphatic heterocycles. The summed E-state index contributed by atoms with van der Waals surface area (Å²) in [4.78, 5) is 0. The monoisotopic (exact) mass is 174 g/mol. The van der Waals surface area contributed by atoms with E-state index in [0.717, 1.165) is 11.3 Å². The highest BCUT2D eigenvalue weighted by Crippen LogP contribution is 2.06. The zero-order chi connectivity index (χ0) is 9.68. The minimum atomic E-state index is 0.978. The molecule has 1 aromatic rings. The molecule has 0 unspecified atom stereocenters. The van der Waals surface area contributed by atoms with E-state index in [9.17, 15) is 0 Å². The first kappa shape index (κ1) is 9.52. The molecular formula is C11H14N2. The van der Waals surface area contributed by atoms with Gasteiger partial charge in [0, 0.05) is 6.20 Å². The molecule has 2 nitrogen and oxygen atoms in total. The van der Waals surface area contributed by atoms with Gasteiger partial charge in [-0.05, 0) is 31.6 Å². The predicted molar refractivity (Wildman–Crippen MR) is 56.2 cm³/mol. The molecule has 13 heavy (non-hydrogen) atoms. The number of nitrogens with zero attached hydrogens (tertiary/aromatic N) is 2. The smallest absolute Gasteiger partial charge is 0.0639 e. The van der Waals surface area contributed by atoms with E-state index in [1.807, 2.05) is 49.2 Å². The summed E-state index contributed by atoms with van der Waals surface area (Å²) in [5.41, 5.74) is 2.12. The maximum Gasteiger partial charge on any atom is 0.0639 e. The first-order valence-corrected chi connectivity index (χ1v) is 4.25. The predicted octanol–water partition coefficient (Wildman–Crippen LogP) is 2.79. The van der Waals surface area contributed by atoms with Crippen molar-refractivity contribution in [3.63, 3.8) is 0 Å². The third kappa shape index (κ3) is 2.44. The first-order valence-electron chi connectivity index (χ1n) is 4.25. The normalized spacial score (nSPS) is 12.3. The van der Waals surface area contributed by atoms with Gasteiger partial charge in [0.05, 0.1) is 11.9 Å². The molecule has 0 spiro atoms. The van der Waals surface area contributed by atoms with Gasteiger partial charge in [0.25, 0.3) is 0 Å². The number of hydrogen-bond donors (Lipinski definition) is 0. The van der Waals surface area contributed by atoms with Gasteiger partial charge in [-0.15, -0.1) is 0 Å². The summed E-state index contributed by atoms with van der Waals surface area (Å²) >= 11 is 0. The Morgan fingerprint density at radius 2 is 2.38 bits per heavy atom. The molecule has 0 atom stereocenters. The van der Waals surface area contributed by atoms with E-state index in [-0.39, 0.29) is 0 Å². The molecule has 0 aliphatic carbocycles. The third-order valence-corrected chi connectivity index (χ3v) is 1.64. The van der Waals surface area contributed by atoms with Crippen LogP contribution >= 0.6 is 0 Å². The molecule has 0 saturated carbocycles. The molecule has 2 heteroatoms. The quantitative estimate of drug-likeness (QED) is 0.644. The van der Waals surface area contributed by atoms with Crippen LogP contribution < -0.4 is 0 Å². The zero-order valence-electron chi connectivity index (χ0n) is 8.07. The number of hydrogen-bond acceptors (Lipinski definition) is 1. The first-order chi connectivity index (χ1) is 6.27. The molecule has 1 aromatic heterocycles. The number of aryl methyl sites for hydroxylation is 1. The van der Waals surface area contributed by atoms with Gasteiger partial charge in [-0.2, -0.15) is 5.10 Å². The lowest BCUT2D eigenvalue weighted by molar-refractivity contribution is 0.910. The molecule has 0 saturated heterocycles. The fourth-order valence-electron chi connectivity index (χ4n) is 0.987. The van der Waals surface area contributed by atoms with Crippen molar-refractivity contribution >= 4 is 5.70 Å². The molecular weight excluding hydrogens is 160 g/mol. The van der Waals surface area contributed by atoms with Crippen molar-refractivity contribution in [3.8, 4) is 0 Å². The summed E-state index contributed by atoms with van der Waals surface area (Å²) < 4.78 is 1.81. The van der Waals surface area contributed by atoms with Crippen molar-refractivity contribution in [1.29, 1.82) is 0 Å². The standard InChI is InChI=1S/C11H14N2/c1-4-6-7-11(5-2)13-9-10(3)8-12-13/h4-9H,2H2,1,3H3/b6-4-,11-7+. The number of aromatic nitrogens is 2. The van der Waals surface area contributed by atoms with E-state index in [2.05, 4.69) is 11.7 Å². The average molecular weight is 174 g/mol. The van der Waals surface area contributed by atoms with Crippen LogP contribution in [0.25, 0.3) is 5.70 Å². The maximum absolute atomic E-state index is 4.18. The Balaban J connectivity index is 2.96. The Hall–Kier alpha value is -1.57. The Morgan fingerprint density at radius 3 is 2.85 bits per heavy atom. The molecule has 0 N–H and O–H groups in total. The van der Waals surface area contributed by atoms with Gasteiger partial charge in [0.1, 0.15) is 0 Å². The molecule has 0 aromatic carbocycles. The fourth-order valence-corrected chi connectivity index (χ4v) is 0.987. The Labute approximate surface area is 78.9 Å². The van der Waals surface area contributed by atoms with Crippen LogP contribution in [0.3, 0.4) is 0 Å². The van der Waals surface area contributed by atoms with E-state index in [1.165, 1.54) is 0 Å². The number of allylic oxidation sites excluding steroid dienone is 5. The van der Waals surface area contributed by atoms with Crippen molar-refractivity contribution in [2.75, 3.05) is 0 Å². The van der Waals surface area contributed by atoms with Crippen molar-refractivity contribution in [3.05, 3.63) is 48.8 Å². The van der Waals surface area contributed by atoms with Gasteiger partial charge < -0.3 is 0 Å². The number of rotatable bonds is 3. The van der Waals surface area contributed by atoms with Crippen LogP contribution in [0.15, 0.2) is 43.3 Å². The van der Waals surface area contributed by atoms with E-state index in [4.69, 9.17) is 0 Å². The summed E-state index contributed by atoms with van der Waals surface area (Å²) in [6, 6.07) is 0. The Kier molecular flexibility index (Phi) is 3.26. The maximum atomic E-state index is 4.18. The second-order valence-electron chi connectivity index (χ2n) is 2.78. The lowest BCUT2D eigenvalue weighted by Crippen LogP contribution is -1.93. The Bertz CT molecular complexity index is 343. The van der Waals surface area contributed by atoms with Crippen molar-refractivity contribution < 1.29 is 0 Å². The molecule has 0 fully saturated rings. The van der Waals surface area contributed by atoms with Crippen LogP contribution in [0, 0.1) is 6.92 Å². The van der Waals surface area contributed by atoms with Crippen LogP contribution in [0.1, 0.15) is 12.5 Å². The van der Waals surface area contributed by atoms with Gasteiger partial charge in [-0.25, -0.2) is 4.68 Å².